The van der Waals surface area contributed by atoms with Gasteiger partial charge in [-0.1, -0.05) is 24.3 Å². The number of fused-ring (bicyclic) bond motifs is 2. The Labute approximate surface area is 173 Å². The van der Waals surface area contributed by atoms with E-state index in [2.05, 4.69) is 33.5 Å². The summed E-state index contributed by atoms with van der Waals surface area (Å²) in [6.07, 6.45) is 4.37. The largest absolute Gasteiger partial charge is 0.355 e. The van der Waals surface area contributed by atoms with Crippen LogP contribution in [0.4, 0.5) is 0 Å². The number of benzene rings is 2. The molecule has 0 fully saturated rings. The Kier molecular flexibility index (Phi) is 4.44. The second-order valence-corrected chi connectivity index (χ2v) is 7.11. The highest BCUT2D eigenvalue weighted by Crippen LogP contribution is 2.21. The van der Waals surface area contributed by atoms with E-state index in [4.69, 9.17) is 5.10 Å². The van der Waals surface area contributed by atoms with Crippen molar-refractivity contribution in [2.24, 2.45) is 0 Å². The van der Waals surface area contributed by atoms with Crippen LogP contribution in [0, 0.1) is 0 Å². The average Bonchev–Trinajstić information content (AvgIpc) is 3.20. The molecule has 1 amide bonds. The van der Waals surface area contributed by atoms with Crippen molar-refractivity contribution < 1.29 is 4.79 Å². The van der Waals surface area contributed by atoms with Gasteiger partial charge >= 0.3 is 0 Å². The van der Waals surface area contributed by atoms with Crippen molar-refractivity contribution in [3.8, 4) is 11.3 Å². The molecule has 1 N–H and O–H groups in total. The summed E-state index contributed by atoms with van der Waals surface area (Å²) in [4.78, 5) is 20.8. The Balaban J connectivity index is 1.52. The van der Waals surface area contributed by atoms with Crippen molar-refractivity contribution in [2.75, 3.05) is 7.05 Å². The fourth-order valence-electron chi connectivity index (χ4n) is 3.60. The van der Waals surface area contributed by atoms with Crippen molar-refractivity contribution in [2.45, 2.75) is 6.42 Å². The average molecular weight is 393 g/mol. The van der Waals surface area contributed by atoms with Crippen LogP contribution in [0.1, 0.15) is 21.6 Å². The van der Waals surface area contributed by atoms with Crippen molar-refractivity contribution in [1.82, 2.24) is 24.9 Å². The van der Waals surface area contributed by atoms with Gasteiger partial charge in [0.1, 0.15) is 0 Å². The minimum atomic E-state index is -0.118. The molecule has 0 aliphatic carbocycles. The van der Waals surface area contributed by atoms with Crippen molar-refractivity contribution >= 4 is 22.5 Å². The molecule has 3 heterocycles. The first-order valence-corrected chi connectivity index (χ1v) is 9.71. The first kappa shape index (κ1) is 18.0. The molecule has 0 saturated carbocycles. The van der Waals surface area contributed by atoms with Crippen LogP contribution in [-0.2, 0) is 6.42 Å². The summed E-state index contributed by atoms with van der Waals surface area (Å²) in [6.45, 7) is 0. The van der Waals surface area contributed by atoms with E-state index in [1.54, 1.807) is 19.3 Å². The molecule has 5 aromatic rings. The maximum Gasteiger partial charge on any atom is 0.251 e. The molecule has 0 aliphatic heterocycles. The predicted octanol–water partition coefficient (Wildman–Crippen LogP) is 3.89. The van der Waals surface area contributed by atoms with Gasteiger partial charge in [-0.15, -0.1) is 0 Å². The van der Waals surface area contributed by atoms with Crippen LogP contribution in [0.3, 0.4) is 0 Å². The van der Waals surface area contributed by atoms with Crippen LogP contribution in [0.15, 0.2) is 79.1 Å². The fourth-order valence-corrected chi connectivity index (χ4v) is 3.60. The van der Waals surface area contributed by atoms with Crippen LogP contribution in [-0.4, -0.2) is 32.5 Å². The van der Waals surface area contributed by atoms with Crippen LogP contribution < -0.4 is 5.32 Å². The van der Waals surface area contributed by atoms with Gasteiger partial charge in [0.2, 0.25) is 0 Å². The first-order valence-electron chi connectivity index (χ1n) is 9.71. The zero-order valence-electron chi connectivity index (χ0n) is 16.4. The highest BCUT2D eigenvalue weighted by molar-refractivity contribution is 5.95. The first-order chi connectivity index (χ1) is 14.7. The van der Waals surface area contributed by atoms with Crippen LogP contribution in [0.5, 0.6) is 0 Å². The third kappa shape index (κ3) is 3.28. The van der Waals surface area contributed by atoms with Crippen LogP contribution in [0.2, 0.25) is 0 Å². The summed E-state index contributed by atoms with van der Waals surface area (Å²) in [5.41, 5.74) is 6.22. The summed E-state index contributed by atoms with van der Waals surface area (Å²) in [5, 5.41) is 8.57. The van der Waals surface area contributed by atoms with Gasteiger partial charge in [0.15, 0.2) is 5.65 Å². The number of carbonyl (C=O) groups is 1. The SMILES string of the molecule is CNC(=O)c1cccc(-c2ccc3ncc(Cc4ccc5ncccc5c4)n3n2)c1. The second kappa shape index (κ2) is 7.40. The van der Waals surface area contributed by atoms with Gasteiger partial charge in [-0.2, -0.15) is 5.10 Å². The molecule has 0 atom stereocenters. The van der Waals surface area contributed by atoms with Gasteiger partial charge in [-0.3, -0.25) is 9.78 Å². The molecule has 30 heavy (non-hydrogen) atoms. The summed E-state index contributed by atoms with van der Waals surface area (Å²) in [6, 6.07) is 21.6. The summed E-state index contributed by atoms with van der Waals surface area (Å²) < 4.78 is 1.87. The van der Waals surface area contributed by atoms with Crippen molar-refractivity contribution in [1.29, 1.82) is 0 Å². The van der Waals surface area contributed by atoms with Gasteiger partial charge < -0.3 is 5.32 Å². The maximum absolute atomic E-state index is 12.0. The maximum atomic E-state index is 12.0. The molecule has 0 radical (unpaired) electrons. The molecule has 0 aliphatic rings. The zero-order valence-corrected chi connectivity index (χ0v) is 16.4. The summed E-state index contributed by atoms with van der Waals surface area (Å²) in [5.74, 6) is -0.118. The number of hydrogen-bond donors (Lipinski definition) is 1. The Morgan fingerprint density at radius 1 is 1.00 bits per heavy atom. The van der Waals surface area contributed by atoms with E-state index < -0.39 is 0 Å². The van der Waals surface area contributed by atoms with E-state index in [0.717, 1.165) is 33.5 Å². The standard InChI is InChI=1S/C24H19N5O/c1-25-24(30)19-5-2-4-18(14-19)22-9-10-23-27-15-20(29(23)28-22)13-16-7-8-21-17(12-16)6-3-11-26-21/h2-12,14-15H,13H2,1H3,(H,25,30). The molecular weight excluding hydrogens is 374 g/mol. The summed E-state index contributed by atoms with van der Waals surface area (Å²) in [7, 11) is 1.62. The molecule has 0 spiro atoms. The van der Waals surface area contributed by atoms with Gasteiger partial charge in [-0.25, -0.2) is 9.50 Å². The number of carbonyl (C=O) groups excluding carboxylic acids is 1. The number of rotatable bonds is 4. The normalized spacial score (nSPS) is 11.1. The lowest BCUT2D eigenvalue weighted by Gasteiger charge is -2.07. The number of hydrogen-bond acceptors (Lipinski definition) is 4. The van der Waals surface area contributed by atoms with E-state index >= 15 is 0 Å². The number of pyridine rings is 1. The molecule has 6 heteroatoms. The van der Waals surface area contributed by atoms with Gasteiger partial charge in [0.05, 0.1) is 23.1 Å². The molecule has 5 rings (SSSR count). The molecule has 0 saturated heterocycles. The van der Waals surface area contributed by atoms with Gasteiger partial charge in [-0.05, 0) is 48.0 Å². The Morgan fingerprint density at radius 2 is 1.93 bits per heavy atom. The van der Waals surface area contributed by atoms with Crippen LogP contribution in [0.25, 0.3) is 27.8 Å². The lowest BCUT2D eigenvalue weighted by molar-refractivity contribution is 0.0963. The van der Waals surface area contributed by atoms with E-state index in [1.165, 1.54) is 5.56 Å². The fraction of sp³-hybridized carbons (Fsp3) is 0.0833. The van der Waals surface area contributed by atoms with Crippen LogP contribution >= 0.6 is 0 Å². The topological polar surface area (TPSA) is 72.2 Å². The lowest BCUT2D eigenvalue weighted by atomic mass is 10.1. The van der Waals surface area contributed by atoms with E-state index in [-0.39, 0.29) is 5.91 Å². The number of aromatic nitrogens is 4. The molecule has 0 unspecified atom stereocenters. The number of nitrogens with zero attached hydrogens (tertiary/aromatic N) is 4. The number of nitrogens with one attached hydrogen (secondary N) is 1. The number of amides is 1. The molecule has 3 aromatic heterocycles. The van der Waals surface area contributed by atoms with Gasteiger partial charge in [0, 0.05) is 36.2 Å². The number of imidazole rings is 1. The van der Waals surface area contributed by atoms with Gasteiger partial charge in [0.25, 0.3) is 5.91 Å². The van der Waals surface area contributed by atoms with Crippen molar-refractivity contribution in [3.05, 3.63) is 95.9 Å². The third-order valence-electron chi connectivity index (χ3n) is 5.13. The third-order valence-corrected chi connectivity index (χ3v) is 5.13. The minimum absolute atomic E-state index is 0.118. The Hall–Kier alpha value is -4.06. The van der Waals surface area contributed by atoms with E-state index in [1.807, 2.05) is 53.2 Å². The van der Waals surface area contributed by atoms with E-state index in [0.29, 0.717) is 12.0 Å². The smallest absolute Gasteiger partial charge is 0.251 e. The Bertz CT molecular complexity index is 1390. The minimum Gasteiger partial charge on any atom is -0.355 e. The monoisotopic (exact) mass is 393 g/mol. The lowest BCUT2D eigenvalue weighted by Crippen LogP contribution is -2.17. The van der Waals surface area contributed by atoms with Crippen molar-refractivity contribution in [3.63, 3.8) is 0 Å². The Morgan fingerprint density at radius 3 is 2.83 bits per heavy atom. The molecule has 2 aromatic carbocycles. The highest BCUT2D eigenvalue weighted by atomic mass is 16.1. The second-order valence-electron chi connectivity index (χ2n) is 7.11. The highest BCUT2D eigenvalue weighted by Gasteiger charge is 2.10. The predicted molar refractivity (Wildman–Crippen MR) is 116 cm³/mol. The van der Waals surface area contributed by atoms with E-state index in [9.17, 15) is 4.79 Å². The summed E-state index contributed by atoms with van der Waals surface area (Å²) >= 11 is 0. The molecule has 0 bridgehead atoms. The quantitative estimate of drug-likeness (QED) is 0.503. The molecular formula is C24H19N5O. The zero-order chi connectivity index (χ0) is 20.5. The molecule has 6 nitrogen and oxygen atoms in total. The molecule has 146 valence electrons.